The summed E-state index contributed by atoms with van der Waals surface area (Å²) in [6.45, 7) is 0. The number of carbonyl (C=O) groups excluding carboxylic acids is 1. The molecule has 4 bridgehead atoms. The van der Waals surface area contributed by atoms with Gasteiger partial charge in [-0.1, -0.05) is 0 Å². The van der Waals surface area contributed by atoms with E-state index in [4.69, 9.17) is 5.14 Å². The maximum absolute atomic E-state index is 14.0. The number of carbonyl (C=O) groups is 1. The fourth-order valence-corrected chi connectivity index (χ4v) is 5.81. The van der Waals surface area contributed by atoms with Crippen LogP contribution in [0.4, 0.5) is 10.1 Å². The molecule has 8 heteroatoms. The van der Waals surface area contributed by atoms with E-state index in [9.17, 15) is 17.6 Å². The Bertz CT molecular complexity index is 789. The Morgan fingerprint density at radius 2 is 1.72 bits per heavy atom. The second-order valence-corrected chi connectivity index (χ2v) is 9.03. The molecular weight excluding hydrogens is 347 g/mol. The van der Waals surface area contributed by atoms with Crippen molar-refractivity contribution >= 4 is 21.9 Å². The summed E-state index contributed by atoms with van der Waals surface area (Å²) in [7, 11) is -4.29. The van der Waals surface area contributed by atoms with Crippen molar-refractivity contribution in [3.63, 3.8) is 0 Å². The molecule has 0 aliphatic heterocycles. The number of nitrogens with one attached hydrogen (secondary N) is 1. The van der Waals surface area contributed by atoms with Gasteiger partial charge in [0, 0.05) is 11.8 Å². The SMILES string of the molecule is NS(=O)(=O)Oc1ccc(NC(=O)C23CC4CC(CC(C4)C2)C3)cc1F. The second-order valence-electron chi connectivity index (χ2n) is 7.87. The van der Waals surface area contributed by atoms with Gasteiger partial charge in [0.2, 0.25) is 5.91 Å². The Kier molecular flexibility index (Phi) is 3.81. The number of amides is 1. The Hall–Kier alpha value is -1.67. The first kappa shape index (κ1) is 16.8. The largest absolute Gasteiger partial charge is 0.380 e. The van der Waals surface area contributed by atoms with E-state index >= 15 is 0 Å². The van der Waals surface area contributed by atoms with Crippen molar-refractivity contribution in [2.75, 3.05) is 5.32 Å². The Morgan fingerprint density at radius 3 is 2.20 bits per heavy atom. The molecule has 25 heavy (non-hydrogen) atoms. The molecule has 0 radical (unpaired) electrons. The number of hydrogen-bond acceptors (Lipinski definition) is 4. The maximum Gasteiger partial charge on any atom is 0.380 e. The molecular formula is C17H21FN2O4S. The molecule has 0 aromatic heterocycles. The molecule has 4 fully saturated rings. The van der Waals surface area contributed by atoms with Crippen LogP contribution in [0.1, 0.15) is 38.5 Å². The highest BCUT2D eigenvalue weighted by atomic mass is 32.2. The quantitative estimate of drug-likeness (QED) is 0.853. The van der Waals surface area contributed by atoms with Crippen molar-refractivity contribution in [2.45, 2.75) is 38.5 Å². The maximum atomic E-state index is 14.0. The molecule has 0 atom stereocenters. The van der Waals surface area contributed by atoms with Crippen molar-refractivity contribution in [1.29, 1.82) is 0 Å². The summed E-state index contributed by atoms with van der Waals surface area (Å²) in [5.41, 5.74) is -0.0407. The van der Waals surface area contributed by atoms with Crippen molar-refractivity contribution < 1.29 is 21.8 Å². The van der Waals surface area contributed by atoms with Crippen LogP contribution >= 0.6 is 0 Å². The van der Waals surface area contributed by atoms with Gasteiger partial charge in [0.25, 0.3) is 0 Å². The summed E-state index contributed by atoms with van der Waals surface area (Å²) < 4.78 is 40.1. The lowest BCUT2D eigenvalue weighted by Gasteiger charge is -2.55. The zero-order valence-electron chi connectivity index (χ0n) is 13.7. The first-order chi connectivity index (χ1) is 11.7. The molecule has 0 heterocycles. The Morgan fingerprint density at radius 1 is 1.16 bits per heavy atom. The third-order valence-electron chi connectivity index (χ3n) is 5.92. The summed E-state index contributed by atoms with van der Waals surface area (Å²) in [5, 5.41) is 7.55. The van der Waals surface area contributed by atoms with E-state index in [0.29, 0.717) is 23.4 Å². The monoisotopic (exact) mass is 368 g/mol. The smallest absolute Gasteiger partial charge is 0.368 e. The van der Waals surface area contributed by atoms with E-state index in [1.807, 2.05) is 0 Å². The minimum Gasteiger partial charge on any atom is -0.368 e. The van der Waals surface area contributed by atoms with Crippen LogP contribution in [0.5, 0.6) is 5.75 Å². The Balaban J connectivity index is 1.51. The standard InChI is InChI=1S/C17H21FN2O4S/c18-14-6-13(1-2-15(14)24-25(19,22)23)20-16(21)17-7-10-3-11(8-17)5-12(4-10)9-17/h1-2,6,10-12H,3-5,7-9H2,(H,20,21)(H2,19,22,23). The average molecular weight is 368 g/mol. The molecule has 1 amide bonds. The van der Waals surface area contributed by atoms with Crippen LogP contribution in [-0.2, 0) is 15.1 Å². The van der Waals surface area contributed by atoms with Crippen LogP contribution in [0, 0.1) is 29.0 Å². The van der Waals surface area contributed by atoms with E-state index in [1.54, 1.807) is 0 Å². The summed E-state index contributed by atoms with van der Waals surface area (Å²) in [4.78, 5) is 12.9. The van der Waals surface area contributed by atoms with Crippen molar-refractivity contribution in [1.82, 2.24) is 0 Å². The first-order valence-electron chi connectivity index (χ1n) is 8.56. The third kappa shape index (κ3) is 3.25. The van der Waals surface area contributed by atoms with E-state index in [1.165, 1.54) is 25.3 Å². The van der Waals surface area contributed by atoms with Gasteiger partial charge in [-0.05, 0) is 68.4 Å². The van der Waals surface area contributed by atoms with Gasteiger partial charge in [-0.15, -0.1) is 0 Å². The van der Waals surface area contributed by atoms with Crippen LogP contribution in [-0.4, -0.2) is 14.3 Å². The average Bonchev–Trinajstić information content (AvgIpc) is 2.47. The van der Waals surface area contributed by atoms with Gasteiger partial charge < -0.3 is 9.50 Å². The van der Waals surface area contributed by atoms with Crippen molar-refractivity contribution in [3.8, 4) is 5.75 Å². The fourth-order valence-electron chi connectivity index (χ4n) is 5.42. The summed E-state index contributed by atoms with van der Waals surface area (Å²) in [6.07, 6.45) is 6.46. The molecule has 1 aromatic rings. The van der Waals surface area contributed by atoms with Crippen LogP contribution in [0.2, 0.25) is 0 Å². The van der Waals surface area contributed by atoms with Gasteiger partial charge in [0.05, 0.1) is 5.41 Å². The predicted molar refractivity (Wildman–Crippen MR) is 89.4 cm³/mol. The van der Waals surface area contributed by atoms with Crippen LogP contribution in [0.3, 0.4) is 0 Å². The molecule has 136 valence electrons. The molecule has 0 unspecified atom stereocenters. The first-order valence-corrected chi connectivity index (χ1v) is 10.0. The number of rotatable bonds is 4. The molecule has 0 spiro atoms. The number of benzene rings is 1. The summed E-state index contributed by atoms with van der Waals surface area (Å²) >= 11 is 0. The van der Waals surface area contributed by atoms with Gasteiger partial charge in [-0.3, -0.25) is 4.79 Å². The second kappa shape index (κ2) is 5.67. The highest BCUT2D eigenvalue weighted by Gasteiger charge is 2.54. The minimum atomic E-state index is -4.29. The zero-order chi connectivity index (χ0) is 17.8. The molecule has 0 saturated heterocycles. The highest BCUT2D eigenvalue weighted by molar-refractivity contribution is 7.84. The van der Waals surface area contributed by atoms with Gasteiger partial charge in [-0.2, -0.15) is 13.6 Å². The molecule has 6 nitrogen and oxygen atoms in total. The molecule has 1 aromatic carbocycles. The summed E-state index contributed by atoms with van der Waals surface area (Å²) in [5.74, 6) is 0.483. The molecule has 4 aliphatic rings. The lowest BCUT2D eigenvalue weighted by atomic mass is 9.49. The minimum absolute atomic E-state index is 0.0499. The lowest BCUT2D eigenvalue weighted by molar-refractivity contribution is -0.140. The topological polar surface area (TPSA) is 98.5 Å². The number of nitrogens with two attached hydrogens (primary N) is 1. The van der Waals surface area contributed by atoms with E-state index < -0.39 is 21.9 Å². The van der Waals surface area contributed by atoms with Crippen molar-refractivity contribution in [3.05, 3.63) is 24.0 Å². The Labute approximate surface area is 146 Å². The van der Waals surface area contributed by atoms with E-state index in [2.05, 4.69) is 9.50 Å². The van der Waals surface area contributed by atoms with E-state index in [0.717, 1.165) is 31.4 Å². The third-order valence-corrected chi connectivity index (χ3v) is 6.33. The lowest BCUT2D eigenvalue weighted by Crippen LogP contribution is -2.51. The fraction of sp³-hybridized carbons (Fsp3) is 0.588. The van der Waals surface area contributed by atoms with Crippen molar-refractivity contribution in [2.24, 2.45) is 28.3 Å². The predicted octanol–water partition coefficient (Wildman–Crippen LogP) is 2.56. The molecule has 4 saturated carbocycles. The van der Waals surface area contributed by atoms with Gasteiger partial charge in [0.15, 0.2) is 11.6 Å². The summed E-state index contributed by atoms with van der Waals surface area (Å²) in [6, 6.07) is 3.62. The molecule has 3 N–H and O–H groups in total. The molecule has 4 aliphatic carbocycles. The van der Waals surface area contributed by atoms with Crippen LogP contribution in [0.25, 0.3) is 0 Å². The van der Waals surface area contributed by atoms with Gasteiger partial charge in [-0.25, -0.2) is 4.39 Å². The number of hydrogen-bond donors (Lipinski definition) is 2. The van der Waals surface area contributed by atoms with E-state index in [-0.39, 0.29) is 11.3 Å². The van der Waals surface area contributed by atoms with Crippen LogP contribution < -0.4 is 14.6 Å². The number of halogens is 1. The highest BCUT2D eigenvalue weighted by Crippen LogP contribution is 2.60. The normalized spacial score (nSPS) is 33.3. The van der Waals surface area contributed by atoms with Gasteiger partial charge in [0.1, 0.15) is 0 Å². The van der Waals surface area contributed by atoms with Gasteiger partial charge >= 0.3 is 10.3 Å². The zero-order valence-corrected chi connectivity index (χ0v) is 14.5. The molecule has 5 rings (SSSR count). The van der Waals surface area contributed by atoms with Crippen LogP contribution in [0.15, 0.2) is 18.2 Å². The number of anilines is 1.